The van der Waals surface area contributed by atoms with Gasteiger partial charge in [0.05, 0.1) is 12.4 Å². The van der Waals surface area contributed by atoms with Crippen LogP contribution in [0.5, 0.6) is 0 Å². The number of nitrogens with two attached hydrogens (primary N) is 1. The summed E-state index contributed by atoms with van der Waals surface area (Å²) < 4.78 is 0. The van der Waals surface area contributed by atoms with Crippen LogP contribution < -0.4 is 11.1 Å². The molecule has 0 radical (unpaired) electrons. The average Bonchev–Trinajstić information content (AvgIpc) is 3.00. The molecule has 1 atom stereocenters. The molecule has 1 aromatic heterocycles. The van der Waals surface area contributed by atoms with Crippen molar-refractivity contribution in [1.82, 2.24) is 9.97 Å². The molecule has 0 spiro atoms. The topological polar surface area (TPSA) is 83.8 Å². The summed E-state index contributed by atoms with van der Waals surface area (Å²) in [6.07, 6.45) is 3.67. The van der Waals surface area contributed by atoms with Gasteiger partial charge in [0, 0.05) is 24.0 Å². The number of anilines is 1. The molecule has 0 aliphatic heterocycles. The molecule has 21 heavy (non-hydrogen) atoms. The summed E-state index contributed by atoms with van der Waals surface area (Å²) in [6, 6.07) is 13.2. The molecule has 0 unspecified atom stereocenters. The lowest BCUT2D eigenvalue weighted by Crippen LogP contribution is -2.37. The van der Waals surface area contributed by atoms with E-state index in [0.717, 1.165) is 22.2 Å². The van der Waals surface area contributed by atoms with Crippen LogP contribution in [0.25, 0.3) is 10.8 Å². The number of nitrogens with zero attached hydrogens (tertiary/aromatic N) is 1. The monoisotopic (exact) mass is 280 g/mol. The highest BCUT2D eigenvalue weighted by atomic mass is 16.2. The Hall–Kier alpha value is -2.66. The van der Waals surface area contributed by atoms with Gasteiger partial charge in [0.25, 0.3) is 0 Å². The van der Waals surface area contributed by atoms with Crippen LogP contribution in [0.4, 0.5) is 5.69 Å². The first kappa shape index (κ1) is 13.3. The molecule has 0 saturated carbocycles. The molecule has 0 saturated heterocycles. The van der Waals surface area contributed by atoms with E-state index in [1.54, 1.807) is 12.5 Å². The molecule has 3 aromatic rings. The van der Waals surface area contributed by atoms with Crippen molar-refractivity contribution in [3.05, 3.63) is 60.7 Å². The van der Waals surface area contributed by atoms with E-state index in [4.69, 9.17) is 5.73 Å². The third-order valence-electron chi connectivity index (χ3n) is 3.35. The van der Waals surface area contributed by atoms with Crippen molar-refractivity contribution in [2.75, 3.05) is 5.32 Å². The first-order valence-electron chi connectivity index (χ1n) is 6.75. The Morgan fingerprint density at radius 3 is 2.81 bits per heavy atom. The Bertz CT molecular complexity index is 752. The third kappa shape index (κ3) is 3.09. The summed E-state index contributed by atoms with van der Waals surface area (Å²) >= 11 is 0. The zero-order valence-corrected chi connectivity index (χ0v) is 11.4. The number of aromatic nitrogens is 2. The van der Waals surface area contributed by atoms with Crippen LogP contribution >= 0.6 is 0 Å². The average molecular weight is 280 g/mol. The number of benzene rings is 2. The highest BCUT2D eigenvalue weighted by Gasteiger charge is 2.15. The van der Waals surface area contributed by atoms with Gasteiger partial charge in [0.2, 0.25) is 5.91 Å². The van der Waals surface area contributed by atoms with E-state index in [1.165, 1.54) is 0 Å². The Balaban J connectivity index is 1.70. The summed E-state index contributed by atoms with van der Waals surface area (Å²) in [5, 5.41) is 5.07. The summed E-state index contributed by atoms with van der Waals surface area (Å²) in [5.74, 6) is -0.208. The van der Waals surface area contributed by atoms with Crippen LogP contribution in [0.15, 0.2) is 55.0 Å². The quantitative estimate of drug-likeness (QED) is 0.684. The predicted molar refractivity (Wildman–Crippen MR) is 82.8 cm³/mol. The van der Waals surface area contributed by atoms with Crippen LogP contribution in [0, 0.1) is 0 Å². The lowest BCUT2D eigenvalue weighted by molar-refractivity contribution is -0.117. The second-order valence-electron chi connectivity index (χ2n) is 4.94. The summed E-state index contributed by atoms with van der Waals surface area (Å²) in [6.45, 7) is 0. The van der Waals surface area contributed by atoms with E-state index in [0.29, 0.717) is 6.42 Å². The highest BCUT2D eigenvalue weighted by molar-refractivity contribution is 5.97. The molecular formula is C16H16N4O. The maximum atomic E-state index is 12.1. The minimum Gasteiger partial charge on any atom is -0.348 e. The molecule has 1 amide bonds. The molecule has 0 aliphatic carbocycles. The second kappa shape index (κ2) is 5.76. The minimum atomic E-state index is -0.614. The smallest absolute Gasteiger partial charge is 0.241 e. The molecule has 106 valence electrons. The van der Waals surface area contributed by atoms with Gasteiger partial charge in [-0.1, -0.05) is 30.3 Å². The SMILES string of the molecule is N[C@@H](Cc1cnc[nH]1)C(=O)Nc1ccc2ccccc2c1. The van der Waals surface area contributed by atoms with Crippen LogP contribution in [-0.4, -0.2) is 21.9 Å². The zero-order valence-electron chi connectivity index (χ0n) is 11.4. The Morgan fingerprint density at radius 1 is 1.24 bits per heavy atom. The molecule has 4 N–H and O–H groups in total. The normalized spacial score (nSPS) is 12.2. The van der Waals surface area contributed by atoms with Gasteiger partial charge in [-0.15, -0.1) is 0 Å². The van der Waals surface area contributed by atoms with E-state index in [1.807, 2.05) is 42.5 Å². The van der Waals surface area contributed by atoms with E-state index >= 15 is 0 Å². The van der Waals surface area contributed by atoms with E-state index in [2.05, 4.69) is 15.3 Å². The number of fused-ring (bicyclic) bond motifs is 1. The molecule has 0 bridgehead atoms. The number of H-pyrrole nitrogens is 1. The molecule has 0 aliphatic rings. The highest BCUT2D eigenvalue weighted by Crippen LogP contribution is 2.18. The Morgan fingerprint density at radius 2 is 2.05 bits per heavy atom. The van der Waals surface area contributed by atoms with Gasteiger partial charge in [-0.25, -0.2) is 4.98 Å². The summed E-state index contributed by atoms with van der Waals surface area (Å²) in [7, 11) is 0. The van der Waals surface area contributed by atoms with Crippen LogP contribution in [0.3, 0.4) is 0 Å². The van der Waals surface area contributed by atoms with Gasteiger partial charge in [-0.3, -0.25) is 4.79 Å². The number of hydrogen-bond donors (Lipinski definition) is 3. The maximum Gasteiger partial charge on any atom is 0.241 e. The van der Waals surface area contributed by atoms with Crippen molar-refractivity contribution in [3.63, 3.8) is 0 Å². The molecule has 2 aromatic carbocycles. The van der Waals surface area contributed by atoms with Crippen molar-refractivity contribution in [3.8, 4) is 0 Å². The van der Waals surface area contributed by atoms with Gasteiger partial charge >= 0.3 is 0 Å². The molecule has 5 heteroatoms. The number of rotatable bonds is 4. The third-order valence-corrected chi connectivity index (χ3v) is 3.35. The Kier molecular flexibility index (Phi) is 3.66. The lowest BCUT2D eigenvalue weighted by atomic mass is 10.1. The molecule has 3 rings (SSSR count). The number of carbonyl (C=O) groups is 1. The van der Waals surface area contributed by atoms with Crippen molar-refractivity contribution in [1.29, 1.82) is 0 Å². The van der Waals surface area contributed by atoms with E-state index in [9.17, 15) is 4.79 Å². The number of aromatic amines is 1. The standard InChI is InChI=1S/C16H16N4O/c17-15(8-14-9-18-10-19-14)16(21)20-13-6-5-11-3-1-2-4-12(11)7-13/h1-7,9-10,15H,8,17H2,(H,18,19)(H,20,21)/t15-/m0/s1. The Labute approximate surface area is 122 Å². The van der Waals surface area contributed by atoms with Gasteiger partial charge in [0.15, 0.2) is 0 Å². The van der Waals surface area contributed by atoms with E-state index in [-0.39, 0.29) is 5.91 Å². The van der Waals surface area contributed by atoms with Crippen molar-refractivity contribution in [2.24, 2.45) is 5.73 Å². The molecule has 0 fully saturated rings. The van der Waals surface area contributed by atoms with Crippen molar-refractivity contribution >= 4 is 22.4 Å². The molecule has 1 heterocycles. The first-order valence-corrected chi connectivity index (χ1v) is 6.75. The summed E-state index contributed by atoms with van der Waals surface area (Å²) in [5.41, 5.74) is 7.50. The van der Waals surface area contributed by atoms with Crippen LogP contribution in [0.2, 0.25) is 0 Å². The fourth-order valence-corrected chi connectivity index (χ4v) is 2.23. The van der Waals surface area contributed by atoms with Crippen molar-refractivity contribution in [2.45, 2.75) is 12.5 Å². The number of amides is 1. The van der Waals surface area contributed by atoms with Gasteiger partial charge in [-0.05, 0) is 22.9 Å². The summed E-state index contributed by atoms with van der Waals surface area (Å²) in [4.78, 5) is 19.0. The van der Waals surface area contributed by atoms with Crippen LogP contribution in [0.1, 0.15) is 5.69 Å². The van der Waals surface area contributed by atoms with E-state index < -0.39 is 6.04 Å². The second-order valence-corrected chi connectivity index (χ2v) is 4.94. The predicted octanol–water partition coefficient (Wildman–Crippen LogP) is 2.07. The fraction of sp³-hybridized carbons (Fsp3) is 0.125. The first-order chi connectivity index (χ1) is 10.2. The largest absolute Gasteiger partial charge is 0.348 e. The zero-order chi connectivity index (χ0) is 14.7. The van der Waals surface area contributed by atoms with Crippen molar-refractivity contribution < 1.29 is 4.79 Å². The van der Waals surface area contributed by atoms with Crippen LogP contribution in [-0.2, 0) is 11.2 Å². The minimum absolute atomic E-state index is 0.208. The fourth-order valence-electron chi connectivity index (χ4n) is 2.23. The number of hydrogen-bond acceptors (Lipinski definition) is 3. The molecular weight excluding hydrogens is 264 g/mol. The number of nitrogens with one attached hydrogen (secondary N) is 2. The number of carbonyl (C=O) groups excluding carboxylic acids is 1. The maximum absolute atomic E-state index is 12.1. The lowest BCUT2D eigenvalue weighted by Gasteiger charge is -2.12. The van der Waals surface area contributed by atoms with Gasteiger partial charge < -0.3 is 16.0 Å². The van der Waals surface area contributed by atoms with Gasteiger partial charge in [-0.2, -0.15) is 0 Å². The number of imidazole rings is 1. The molecule has 5 nitrogen and oxygen atoms in total. The van der Waals surface area contributed by atoms with Gasteiger partial charge in [0.1, 0.15) is 0 Å².